The van der Waals surface area contributed by atoms with E-state index in [2.05, 4.69) is 15.5 Å². The number of nitrogens with one attached hydrogen (secondary N) is 1. The fourth-order valence-corrected chi connectivity index (χ4v) is 2.65. The number of aromatic nitrogens is 3. The number of hydrogen-bond donors (Lipinski definition) is 2. The smallest absolute Gasteiger partial charge is 0.234 e. The minimum Gasteiger partial charge on any atom is -0.329 e. The van der Waals surface area contributed by atoms with Gasteiger partial charge in [0.2, 0.25) is 5.91 Å². The molecule has 0 aliphatic rings. The molecule has 0 unspecified atom stereocenters. The maximum absolute atomic E-state index is 11.9. The van der Waals surface area contributed by atoms with Gasteiger partial charge in [-0.25, -0.2) is 0 Å². The van der Waals surface area contributed by atoms with Gasteiger partial charge in [0.15, 0.2) is 5.16 Å². The molecule has 0 saturated heterocycles. The molecule has 0 aliphatic heterocycles. The van der Waals surface area contributed by atoms with Crippen LogP contribution in [-0.4, -0.2) is 33.0 Å². The van der Waals surface area contributed by atoms with Crippen molar-refractivity contribution in [1.29, 1.82) is 0 Å². The number of carbonyl (C=O) groups excluding carboxylic acids is 1. The third-order valence-corrected chi connectivity index (χ3v) is 3.93. The molecule has 0 saturated carbocycles. The van der Waals surface area contributed by atoms with Gasteiger partial charge in [0.25, 0.3) is 0 Å². The van der Waals surface area contributed by atoms with Crippen molar-refractivity contribution >= 4 is 35.0 Å². The van der Waals surface area contributed by atoms with Crippen molar-refractivity contribution in [2.24, 2.45) is 5.73 Å². The number of benzene rings is 1. The number of anilines is 1. The molecule has 0 atom stereocenters. The molecule has 0 bridgehead atoms. The molecule has 0 aliphatic carbocycles. The minimum atomic E-state index is -0.109. The van der Waals surface area contributed by atoms with Crippen molar-refractivity contribution in [1.82, 2.24) is 14.8 Å². The Labute approximate surface area is 132 Å². The van der Waals surface area contributed by atoms with Gasteiger partial charge in [-0.2, -0.15) is 0 Å². The molecule has 1 amide bonds. The normalized spacial score (nSPS) is 10.6. The number of nitrogens with two attached hydrogens (primary N) is 1. The van der Waals surface area contributed by atoms with Crippen molar-refractivity contribution in [2.45, 2.75) is 18.6 Å². The van der Waals surface area contributed by atoms with Crippen LogP contribution in [0.5, 0.6) is 0 Å². The summed E-state index contributed by atoms with van der Waals surface area (Å²) in [5.74, 6) is 0.939. The van der Waals surface area contributed by atoms with E-state index in [0.29, 0.717) is 29.0 Å². The SMILES string of the molecule is Cc1nnc(SCC(=O)Nc2ccc(Cl)cc2)n1CCN. The van der Waals surface area contributed by atoms with Gasteiger partial charge in [-0.05, 0) is 31.2 Å². The van der Waals surface area contributed by atoms with E-state index in [-0.39, 0.29) is 11.7 Å². The summed E-state index contributed by atoms with van der Waals surface area (Å²) in [5.41, 5.74) is 6.26. The van der Waals surface area contributed by atoms with Gasteiger partial charge >= 0.3 is 0 Å². The van der Waals surface area contributed by atoms with Gasteiger partial charge in [-0.3, -0.25) is 4.79 Å². The van der Waals surface area contributed by atoms with Crippen LogP contribution in [0.1, 0.15) is 5.82 Å². The fraction of sp³-hybridized carbons (Fsp3) is 0.308. The van der Waals surface area contributed by atoms with E-state index in [9.17, 15) is 4.79 Å². The molecule has 21 heavy (non-hydrogen) atoms. The van der Waals surface area contributed by atoms with Crippen molar-refractivity contribution in [3.63, 3.8) is 0 Å². The summed E-state index contributed by atoms with van der Waals surface area (Å²) in [7, 11) is 0. The predicted molar refractivity (Wildman–Crippen MR) is 84.6 cm³/mol. The molecule has 2 rings (SSSR count). The van der Waals surface area contributed by atoms with Crippen molar-refractivity contribution < 1.29 is 4.79 Å². The maximum atomic E-state index is 11.9. The Bertz CT molecular complexity index is 614. The number of amides is 1. The van der Waals surface area contributed by atoms with Gasteiger partial charge < -0.3 is 15.6 Å². The lowest BCUT2D eigenvalue weighted by molar-refractivity contribution is -0.113. The quantitative estimate of drug-likeness (QED) is 0.793. The van der Waals surface area contributed by atoms with E-state index in [4.69, 9.17) is 17.3 Å². The van der Waals surface area contributed by atoms with E-state index in [1.807, 2.05) is 11.5 Å². The number of halogens is 1. The highest BCUT2D eigenvalue weighted by molar-refractivity contribution is 7.99. The maximum Gasteiger partial charge on any atom is 0.234 e. The second-order valence-electron chi connectivity index (χ2n) is 4.31. The number of carbonyl (C=O) groups is 1. The summed E-state index contributed by atoms with van der Waals surface area (Å²) < 4.78 is 1.90. The first-order chi connectivity index (χ1) is 10.1. The van der Waals surface area contributed by atoms with Gasteiger partial charge in [0, 0.05) is 23.8 Å². The summed E-state index contributed by atoms with van der Waals surface area (Å²) in [4.78, 5) is 11.9. The standard InChI is InChI=1S/C13H16ClN5OS/c1-9-17-18-13(19(9)7-6-15)21-8-12(20)16-11-4-2-10(14)3-5-11/h2-5H,6-8,15H2,1H3,(H,16,20). The highest BCUT2D eigenvalue weighted by Gasteiger charge is 2.11. The molecule has 1 aromatic heterocycles. The van der Waals surface area contributed by atoms with Gasteiger partial charge in [-0.1, -0.05) is 23.4 Å². The molecule has 6 nitrogen and oxygen atoms in total. The second-order valence-corrected chi connectivity index (χ2v) is 5.69. The summed E-state index contributed by atoms with van der Waals surface area (Å²) >= 11 is 7.13. The Morgan fingerprint density at radius 3 is 2.76 bits per heavy atom. The van der Waals surface area contributed by atoms with Gasteiger partial charge in [0.05, 0.1) is 5.75 Å². The van der Waals surface area contributed by atoms with E-state index < -0.39 is 0 Å². The summed E-state index contributed by atoms with van der Waals surface area (Å²) in [6.45, 7) is 3.00. The lowest BCUT2D eigenvalue weighted by Crippen LogP contribution is -2.16. The summed E-state index contributed by atoms with van der Waals surface area (Å²) in [6.07, 6.45) is 0. The highest BCUT2D eigenvalue weighted by Crippen LogP contribution is 2.18. The molecule has 8 heteroatoms. The fourth-order valence-electron chi connectivity index (χ4n) is 1.72. The highest BCUT2D eigenvalue weighted by atomic mass is 35.5. The Kier molecular flexibility index (Phi) is 5.60. The third kappa shape index (κ3) is 4.45. The number of rotatable bonds is 6. The molecule has 2 aromatic rings. The van der Waals surface area contributed by atoms with Gasteiger partial charge in [-0.15, -0.1) is 10.2 Å². The van der Waals surface area contributed by atoms with Crippen LogP contribution in [0.25, 0.3) is 0 Å². The van der Waals surface area contributed by atoms with E-state index in [1.165, 1.54) is 11.8 Å². The van der Waals surface area contributed by atoms with E-state index >= 15 is 0 Å². The third-order valence-electron chi connectivity index (χ3n) is 2.71. The van der Waals surface area contributed by atoms with Crippen LogP contribution in [0.2, 0.25) is 5.02 Å². The second kappa shape index (κ2) is 7.44. The van der Waals surface area contributed by atoms with Crippen LogP contribution in [0.4, 0.5) is 5.69 Å². The van der Waals surface area contributed by atoms with Crippen LogP contribution in [0.15, 0.2) is 29.4 Å². The molecule has 0 radical (unpaired) electrons. The van der Waals surface area contributed by atoms with Crippen LogP contribution in [-0.2, 0) is 11.3 Å². The Hall–Kier alpha value is -1.57. The van der Waals surface area contributed by atoms with Crippen molar-refractivity contribution in [3.8, 4) is 0 Å². The van der Waals surface area contributed by atoms with Crippen LogP contribution in [0.3, 0.4) is 0 Å². The molecule has 1 heterocycles. The Morgan fingerprint density at radius 2 is 2.10 bits per heavy atom. The van der Waals surface area contributed by atoms with Crippen LogP contribution >= 0.6 is 23.4 Å². The molecular weight excluding hydrogens is 310 g/mol. The molecule has 1 aromatic carbocycles. The molecule has 0 fully saturated rings. The number of nitrogens with zero attached hydrogens (tertiary/aromatic N) is 3. The van der Waals surface area contributed by atoms with Crippen molar-refractivity contribution in [3.05, 3.63) is 35.1 Å². The topological polar surface area (TPSA) is 85.8 Å². The average molecular weight is 326 g/mol. The minimum absolute atomic E-state index is 0.109. The van der Waals surface area contributed by atoms with Crippen molar-refractivity contribution in [2.75, 3.05) is 17.6 Å². The zero-order valence-electron chi connectivity index (χ0n) is 11.5. The monoisotopic (exact) mass is 325 g/mol. The van der Waals surface area contributed by atoms with Gasteiger partial charge in [0.1, 0.15) is 5.82 Å². The number of hydrogen-bond acceptors (Lipinski definition) is 5. The largest absolute Gasteiger partial charge is 0.329 e. The first-order valence-corrected chi connectivity index (χ1v) is 7.74. The Balaban J connectivity index is 1.90. The first kappa shape index (κ1) is 15.8. The first-order valence-electron chi connectivity index (χ1n) is 6.38. The molecule has 3 N–H and O–H groups in total. The van der Waals surface area contributed by atoms with Crippen LogP contribution in [0, 0.1) is 6.92 Å². The van der Waals surface area contributed by atoms with E-state index in [0.717, 1.165) is 5.82 Å². The molecular formula is C13H16ClN5OS. The summed E-state index contributed by atoms with van der Waals surface area (Å²) in [6, 6.07) is 6.97. The summed E-state index contributed by atoms with van der Waals surface area (Å²) in [5, 5.41) is 12.2. The van der Waals surface area contributed by atoms with E-state index in [1.54, 1.807) is 24.3 Å². The lowest BCUT2D eigenvalue weighted by Gasteiger charge is -2.07. The van der Waals surface area contributed by atoms with Crippen LogP contribution < -0.4 is 11.1 Å². The average Bonchev–Trinajstić information content (AvgIpc) is 2.81. The molecule has 0 spiro atoms. The molecule has 112 valence electrons. The zero-order valence-corrected chi connectivity index (χ0v) is 13.1. The number of aryl methyl sites for hydroxylation is 1. The zero-order chi connectivity index (χ0) is 15.2. The predicted octanol–water partition coefficient (Wildman–Crippen LogP) is 1.93. The lowest BCUT2D eigenvalue weighted by atomic mass is 10.3. The number of thioether (sulfide) groups is 1. The Morgan fingerprint density at radius 1 is 1.38 bits per heavy atom.